The standard InChI is InChI=1S/C8H11BNO/c1-3-7-4-5-10(9-2)8(11)6-7/h4-6H,3H2,1-2H3. The van der Waals surface area contributed by atoms with Gasteiger partial charge in [0.25, 0.3) is 7.41 Å². The summed E-state index contributed by atoms with van der Waals surface area (Å²) in [4.78, 5) is 11.2. The molecule has 11 heavy (non-hydrogen) atoms. The highest BCUT2D eigenvalue weighted by molar-refractivity contribution is 6.31. The van der Waals surface area contributed by atoms with Gasteiger partial charge < -0.3 is 4.48 Å². The number of nitrogens with zero attached hydrogens (tertiary/aromatic N) is 1. The van der Waals surface area contributed by atoms with Gasteiger partial charge in [-0.25, -0.2) is 0 Å². The SMILES string of the molecule is C[B]n1ccc(CC)cc1=O. The fourth-order valence-corrected chi connectivity index (χ4v) is 0.964. The summed E-state index contributed by atoms with van der Waals surface area (Å²) in [6.07, 6.45) is 2.71. The second kappa shape index (κ2) is 3.42. The Labute approximate surface area is 67.1 Å². The van der Waals surface area contributed by atoms with Crippen LogP contribution >= 0.6 is 0 Å². The number of aromatic nitrogens is 1. The maximum atomic E-state index is 11.2. The van der Waals surface area contributed by atoms with E-state index in [1.807, 2.05) is 19.8 Å². The molecule has 3 heteroatoms. The summed E-state index contributed by atoms with van der Waals surface area (Å²) in [5.41, 5.74) is 1.14. The van der Waals surface area contributed by atoms with E-state index < -0.39 is 0 Å². The summed E-state index contributed by atoms with van der Waals surface area (Å²) in [6, 6.07) is 3.63. The molecule has 0 aliphatic rings. The number of hydrogen-bond donors (Lipinski definition) is 0. The highest BCUT2D eigenvalue weighted by Gasteiger charge is 1.94. The second-order valence-corrected chi connectivity index (χ2v) is 2.39. The van der Waals surface area contributed by atoms with Gasteiger partial charge in [-0.2, -0.15) is 0 Å². The monoisotopic (exact) mass is 148 g/mol. The molecule has 57 valence electrons. The topological polar surface area (TPSA) is 22.0 Å². The van der Waals surface area contributed by atoms with Crippen LogP contribution in [0.25, 0.3) is 0 Å². The first kappa shape index (κ1) is 8.11. The number of pyridine rings is 1. The lowest BCUT2D eigenvalue weighted by atomic mass is 9.99. The third-order valence-electron chi connectivity index (χ3n) is 1.70. The van der Waals surface area contributed by atoms with Crippen molar-refractivity contribution in [2.45, 2.75) is 20.2 Å². The first-order valence-electron chi connectivity index (χ1n) is 3.78. The molecule has 0 fully saturated rings. The molecular weight excluding hydrogens is 137 g/mol. The lowest BCUT2D eigenvalue weighted by Gasteiger charge is -2.00. The first-order valence-corrected chi connectivity index (χ1v) is 3.78. The van der Waals surface area contributed by atoms with Crippen molar-refractivity contribution in [3.8, 4) is 0 Å². The van der Waals surface area contributed by atoms with Gasteiger partial charge in [0.1, 0.15) is 0 Å². The predicted molar refractivity (Wildman–Crippen MR) is 47.1 cm³/mol. The lowest BCUT2D eigenvalue weighted by molar-refractivity contribution is 1.05. The van der Waals surface area contributed by atoms with E-state index in [2.05, 4.69) is 0 Å². The molecule has 0 aliphatic carbocycles. The summed E-state index contributed by atoms with van der Waals surface area (Å²) in [5, 5.41) is 0. The van der Waals surface area contributed by atoms with Crippen LogP contribution in [0.1, 0.15) is 12.5 Å². The molecule has 1 rings (SSSR count). The van der Waals surface area contributed by atoms with Crippen LogP contribution in [0, 0.1) is 0 Å². The summed E-state index contributed by atoms with van der Waals surface area (Å²) in [5.74, 6) is 0. The molecule has 2 nitrogen and oxygen atoms in total. The molecule has 0 saturated carbocycles. The molecule has 0 aromatic carbocycles. The summed E-state index contributed by atoms with van der Waals surface area (Å²) < 4.78 is 1.57. The fourth-order valence-electron chi connectivity index (χ4n) is 0.964. The molecule has 0 saturated heterocycles. The Kier molecular flexibility index (Phi) is 2.52. The van der Waals surface area contributed by atoms with Crippen molar-refractivity contribution in [3.05, 3.63) is 34.2 Å². The van der Waals surface area contributed by atoms with Crippen LogP contribution in [-0.2, 0) is 6.42 Å². The van der Waals surface area contributed by atoms with Crippen LogP contribution in [0.2, 0.25) is 6.82 Å². The lowest BCUT2D eigenvalue weighted by Crippen LogP contribution is -2.21. The van der Waals surface area contributed by atoms with Gasteiger partial charge in [0.2, 0.25) is 5.56 Å². The maximum absolute atomic E-state index is 11.2. The Hall–Kier alpha value is -0.985. The van der Waals surface area contributed by atoms with Crippen LogP contribution in [-0.4, -0.2) is 11.9 Å². The smallest absolute Gasteiger partial charge is 0.252 e. The number of hydrogen-bond acceptors (Lipinski definition) is 1. The predicted octanol–water partition coefficient (Wildman–Crippen LogP) is 0.926. The minimum absolute atomic E-state index is 0.0480. The zero-order valence-electron chi connectivity index (χ0n) is 6.87. The highest BCUT2D eigenvalue weighted by Crippen LogP contribution is 1.93. The first-order chi connectivity index (χ1) is 5.27. The van der Waals surface area contributed by atoms with Gasteiger partial charge in [0, 0.05) is 6.07 Å². The van der Waals surface area contributed by atoms with Crippen LogP contribution in [0.5, 0.6) is 0 Å². The largest absolute Gasteiger partial charge is 0.365 e. The summed E-state index contributed by atoms with van der Waals surface area (Å²) in [7, 11) is 1.75. The molecule has 0 aliphatic heterocycles. The maximum Gasteiger partial charge on any atom is 0.252 e. The van der Waals surface area contributed by atoms with E-state index >= 15 is 0 Å². The molecule has 0 N–H and O–H groups in total. The normalized spacial score (nSPS) is 9.64. The Bertz CT molecular complexity index is 292. The molecule has 1 aromatic rings. The third-order valence-corrected chi connectivity index (χ3v) is 1.70. The zero-order valence-corrected chi connectivity index (χ0v) is 6.87. The number of rotatable bonds is 2. The highest BCUT2D eigenvalue weighted by atomic mass is 16.1. The van der Waals surface area contributed by atoms with Gasteiger partial charge in [0.05, 0.1) is 0 Å². The molecule has 1 heterocycles. The molecule has 1 radical (unpaired) electrons. The van der Waals surface area contributed by atoms with Crippen molar-refractivity contribution in [2.75, 3.05) is 0 Å². The van der Waals surface area contributed by atoms with Crippen molar-refractivity contribution in [2.24, 2.45) is 0 Å². The van der Waals surface area contributed by atoms with E-state index in [1.54, 1.807) is 24.2 Å². The Morgan fingerprint density at radius 2 is 2.36 bits per heavy atom. The van der Waals surface area contributed by atoms with E-state index in [-0.39, 0.29) is 5.56 Å². The van der Waals surface area contributed by atoms with E-state index in [1.165, 1.54) is 0 Å². The van der Waals surface area contributed by atoms with Gasteiger partial charge in [-0.15, -0.1) is 0 Å². The fraction of sp³-hybridized carbons (Fsp3) is 0.375. The van der Waals surface area contributed by atoms with E-state index in [9.17, 15) is 4.79 Å². The van der Waals surface area contributed by atoms with Crippen molar-refractivity contribution in [3.63, 3.8) is 0 Å². The van der Waals surface area contributed by atoms with Crippen molar-refractivity contribution in [1.29, 1.82) is 0 Å². The van der Waals surface area contributed by atoms with E-state index in [4.69, 9.17) is 0 Å². The second-order valence-electron chi connectivity index (χ2n) is 2.39. The summed E-state index contributed by atoms with van der Waals surface area (Å²) in [6.45, 7) is 3.88. The van der Waals surface area contributed by atoms with Crippen molar-refractivity contribution < 1.29 is 0 Å². The average Bonchev–Trinajstić information content (AvgIpc) is 2.04. The van der Waals surface area contributed by atoms with E-state index in [0.29, 0.717) is 0 Å². The van der Waals surface area contributed by atoms with Gasteiger partial charge >= 0.3 is 0 Å². The quantitative estimate of drug-likeness (QED) is 0.571. The van der Waals surface area contributed by atoms with Crippen LogP contribution in [0.4, 0.5) is 0 Å². The van der Waals surface area contributed by atoms with Crippen LogP contribution in [0.3, 0.4) is 0 Å². The molecule has 1 aromatic heterocycles. The Balaban J connectivity index is 3.10. The molecule has 0 unspecified atom stereocenters. The summed E-state index contributed by atoms with van der Waals surface area (Å²) >= 11 is 0. The van der Waals surface area contributed by atoms with Gasteiger partial charge in [-0.05, 0) is 24.2 Å². The Morgan fingerprint density at radius 1 is 1.64 bits per heavy atom. The van der Waals surface area contributed by atoms with Gasteiger partial charge in [-0.1, -0.05) is 13.7 Å². The molecular formula is C8H11BNO. The molecule has 0 atom stereocenters. The van der Waals surface area contributed by atoms with Crippen molar-refractivity contribution in [1.82, 2.24) is 4.48 Å². The molecule has 0 spiro atoms. The van der Waals surface area contributed by atoms with E-state index in [0.717, 1.165) is 12.0 Å². The zero-order chi connectivity index (χ0) is 8.27. The van der Waals surface area contributed by atoms with Crippen LogP contribution in [0.15, 0.2) is 23.1 Å². The molecule has 0 bridgehead atoms. The van der Waals surface area contributed by atoms with Crippen molar-refractivity contribution >= 4 is 7.41 Å². The third kappa shape index (κ3) is 1.73. The van der Waals surface area contributed by atoms with Gasteiger partial charge in [-0.3, -0.25) is 4.79 Å². The van der Waals surface area contributed by atoms with Crippen LogP contribution < -0.4 is 5.56 Å². The minimum atomic E-state index is 0.0480. The minimum Gasteiger partial charge on any atom is -0.365 e. The van der Waals surface area contributed by atoms with Gasteiger partial charge in [0.15, 0.2) is 0 Å². The molecule has 0 amide bonds. The number of aryl methyl sites for hydroxylation is 1. The average molecular weight is 148 g/mol. The Morgan fingerprint density at radius 3 is 2.82 bits per heavy atom.